The molecule has 1 heterocycles. The molecular weight excluding hydrogens is 406 g/mol. The van der Waals surface area contributed by atoms with Gasteiger partial charge in [0.25, 0.3) is 11.6 Å². The molecule has 0 unspecified atom stereocenters. The highest BCUT2D eigenvalue weighted by Crippen LogP contribution is 2.19. The van der Waals surface area contributed by atoms with Crippen molar-refractivity contribution in [3.05, 3.63) is 84.7 Å². The zero-order valence-electron chi connectivity index (χ0n) is 13.0. The number of fused-ring (bicyclic) bond motifs is 1. The third-order valence-corrected chi connectivity index (χ3v) is 3.89. The summed E-state index contributed by atoms with van der Waals surface area (Å²) in [5.74, 6) is -0.748. The predicted octanol–water partition coefficient (Wildman–Crippen LogP) is 3.23. The van der Waals surface area contributed by atoms with E-state index in [1.54, 1.807) is 24.3 Å². The average molecular weight is 416 g/mol. The molecule has 0 radical (unpaired) electrons. The lowest BCUT2D eigenvalue weighted by molar-refractivity contribution is -0.384. The van der Waals surface area contributed by atoms with Crippen molar-refractivity contribution in [3.8, 4) is 0 Å². The van der Waals surface area contributed by atoms with Gasteiger partial charge < -0.3 is 4.42 Å². The molecule has 3 rings (SSSR count). The van der Waals surface area contributed by atoms with Crippen molar-refractivity contribution in [1.29, 1.82) is 0 Å². The molecule has 3 aromatic rings. The molecule has 8 nitrogen and oxygen atoms in total. The molecule has 0 fully saturated rings. The predicted molar refractivity (Wildman–Crippen MR) is 98.3 cm³/mol. The van der Waals surface area contributed by atoms with Crippen LogP contribution in [0.4, 0.5) is 5.69 Å². The molecule has 0 spiro atoms. The Morgan fingerprint density at radius 3 is 2.81 bits per heavy atom. The second-order valence-corrected chi connectivity index (χ2v) is 6.10. The van der Waals surface area contributed by atoms with E-state index in [0.717, 1.165) is 4.47 Å². The molecule has 0 aliphatic carbocycles. The Bertz CT molecular complexity index is 1110. The standard InChI is InChI=1S/C17H10BrN3O5/c18-12-4-5-15-11(7-12)8-14(17(23)26-15)16(22)20-19-9-10-2-1-3-13(6-10)21(24)25/h1-9H,(H,20,22)/b19-9+. The number of non-ortho nitro benzene ring substituents is 1. The van der Waals surface area contributed by atoms with Crippen LogP contribution in [-0.4, -0.2) is 17.0 Å². The molecule has 1 amide bonds. The summed E-state index contributed by atoms with van der Waals surface area (Å²) in [6.07, 6.45) is 1.24. The number of carbonyl (C=O) groups is 1. The zero-order valence-corrected chi connectivity index (χ0v) is 14.6. The summed E-state index contributed by atoms with van der Waals surface area (Å²) in [5.41, 5.74) is 1.90. The Kier molecular flexibility index (Phi) is 4.90. The maximum absolute atomic E-state index is 12.2. The molecule has 26 heavy (non-hydrogen) atoms. The summed E-state index contributed by atoms with van der Waals surface area (Å²) < 4.78 is 5.88. The van der Waals surface area contributed by atoms with E-state index in [2.05, 4.69) is 26.5 Å². The topological polar surface area (TPSA) is 115 Å². The number of nitro benzene ring substituents is 1. The molecule has 0 aliphatic heterocycles. The second-order valence-electron chi connectivity index (χ2n) is 5.18. The van der Waals surface area contributed by atoms with Gasteiger partial charge in [-0.3, -0.25) is 14.9 Å². The molecule has 9 heteroatoms. The van der Waals surface area contributed by atoms with Crippen molar-refractivity contribution in [2.24, 2.45) is 5.10 Å². The number of carbonyl (C=O) groups excluding carboxylic acids is 1. The highest BCUT2D eigenvalue weighted by molar-refractivity contribution is 9.10. The third-order valence-electron chi connectivity index (χ3n) is 3.40. The summed E-state index contributed by atoms with van der Waals surface area (Å²) in [4.78, 5) is 34.3. The largest absolute Gasteiger partial charge is 0.422 e. The number of nitro groups is 1. The minimum Gasteiger partial charge on any atom is -0.422 e. The summed E-state index contributed by atoms with van der Waals surface area (Å²) >= 11 is 3.30. The number of rotatable bonds is 4. The number of hydrogen-bond donors (Lipinski definition) is 1. The summed E-state index contributed by atoms with van der Waals surface area (Å²) in [6, 6.07) is 12.2. The van der Waals surface area contributed by atoms with Crippen molar-refractivity contribution in [2.45, 2.75) is 0 Å². The van der Waals surface area contributed by atoms with E-state index >= 15 is 0 Å². The second kappa shape index (κ2) is 7.28. The first-order valence-electron chi connectivity index (χ1n) is 7.25. The fraction of sp³-hybridized carbons (Fsp3) is 0. The fourth-order valence-corrected chi connectivity index (χ4v) is 2.58. The number of hydrazone groups is 1. The highest BCUT2D eigenvalue weighted by Gasteiger charge is 2.13. The molecule has 0 aliphatic rings. The minimum absolute atomic E-state index is 0.0963. The third kappa shape index (κ3) is 3.83. The number of nitrogens with zero attached hydrogens (tertiary/aromatic N) is 2. The SMILES string of the molecule is O=C(N/N=C/c1cccc([N+](=O)[O-])c1)c1cc2cc(Br)ccc2oc1=O. The molecule has 0 bridgehead atoms. The Balaban J connectivity index is 1.81. The van der Waals surface area contributed by atoms with Gasteiger partial charge in [0.15, 0.2) is 0 Å². The first kappa shape index (κ1) is 17.5. The molecule has 130 valence electrons. The van der Waals surface area contributed by atoms with Gasteiger partial charge >= 0.3 is 5.63 Å². The molecule has 1 N–H and O–H groups in total. The lowest BCUT2D eigenvalue weighted by Gasteiger charge is -2.02. The van der Waals surface area contributed by atoms with E-state index in [1.165, 1.54) is 30.5 Å². The molecule has 2 aromatic carbocycles. The van der Waals surface area contributed by atoms with Crippen LogP contribution in [0, 0.1) is 10.1 Å². The minimum atomic E-state index is -0.789. The van der Waals surface area contributed by atoms with Gasteiger partial charge in [-0.05, 0) is 24.3 Å². The van der Waals surface area contributed by atoms with E-state index in [4.69, 9.17) is 4.42 Å². The van der Waals surface area contributed by atoms with Gasteiger partial charge in [0.1, 0.15) is 11.1 Å². The highest BCUT2D eigenvalue weighted by atomic mass is 79.9. The van der Waals surface area contributed by atoms with Crippen LogP contribution >= 0.6 is 15.9 Å². The van der Waals surface area contributed by atoms with Crippen LogP contribution in [0.5, 0.6) is 0 Å². The molecule has 0 saturated carbocycles. The van der Waals surface area contributed by atoms with E-state index in [0.29, 0.717) is 16.5 Å². The number of hydrogen-bond acceptors (Lipinski definition) is 6. The van der Waals surface area contributed by atoms with E-state index in [1.807, 2.05) is 0 Å². The van der Waals surface area contributed by atoms with E-state index in [9.17, 15) is 19.7 Å². The van der Waals surface area contributed by atoms with Crippen molar-refractivity contribution >= 4 is 44.7 Å². The quantitative estimate of drug-likeness (QED) is 0.304. The Hall–Kier alpha value is -3.33. The van der Waals surface area contributed by atoms with Gasteiger partial charge in [0.2, 0.25) is 0 Å². The molecule has 1 aromatic heterocycles. The number of nitrogens with one attached hydrogen (secondary N) is 1. The first-order chi connectivity index (χ1) is 12.4. The van der Waals surface area contributed by atoms with Gasteiger partial charge in [-0.25, -0.2) is 10.2 Å². The Labute approximate surface area is 154 Å². The fourth-order valence-electron chi connectivity index (χ4n) is 2.20. The number of halogens is 1. The molecule has 0 saturated heterocycles. The van der Waals surface area contributed by atoms with Crippen molar-refractivity contribution in [1.82, 2.24) is 5.43 Å². The van der Waals surface area contributed by atoms with Crippen LogP contribution in [0.25, 0.3) is 11.0 Å². The Morgan fingerprint density at radius 2 is 2.04 bits per heavy atom. The number of benzene rings is 2. The maximum atomic E-state index is 12.2. The van der Waals surface area contributed by atoms with Gasteiger partial charge in [-0.2, -0.15) is 5.10 Å². The van der Waals surface area contributed by atoms with Gasteiger partial charge in [-0.1, -0.05) is 28.1 Å². The van der Waals surface area contributed by atoms with Crippen LogP contribution < -0.4 is 11.1 Å². The normalized spacial score (nSPS) is 11.0. The molecular formula is C17H10BrN3O5. The summed E-state index contributed by atoms with van der Waals surface area (Å²) in [5, 5.41) is 15.0. The van der Waals surface area contributed by atoms with Crippen LogP contribution in [0.3, 0.4) is 0 Å². The Morgan fingerprint density at radius 1 is 1.23 bits per heavy atom. The lowest BCUT2D eigenvalue weighted by Crippen LogP contribution is -2.24. The van der Waals surface area contributed by atoms with Crippen LogP contribution in [0.1, 0.15) is 15.9 Å². The monoisotopic (exact) mass is 415 g/mol. The van der Waals surface area contributed by atoms with Gasteiger partial charge in [-0.15, -0.1) is 0 Å². The summed E-state index contributed by atoms with van der Waals surface area (Å²) in [6.45, 7) is 0. The summed E-state index contributed by atoms with van der Waals surface area (Å²) in [7, 11) is 0. The van der Waals surface area contributed by atoms with Crippen molar-refractivity contribution in [3.63, 3.8) is 0 Å². The zero-order chi connectivity index (χ0) is 18.7. The maximum Gasteiger partial charge on any atom is 0.349 e. The van der Waals surface area contributed by atoms with Crippen molar-refractivity contribution in [2.75, 3.05) is 0 Å². The van der Waals surface area contributed by atoms with Gasteiger partial charge in [0.05, 0.1) is 11.1 Å². The number of amides is 1. The van der Waals surface area contributed by atoms with Crippen LogP contribution in [0.2, 0.25) is 0 Å². The average Bonchev–Trinajstić information content (AvgIpc) is 2.61. The van der Waals surface area contributed by atoms with E-state index in [-0.39, 0.29) is 11.3 Å². The van der Waals surface area contributed by atoms with E-state index < -0.39 is 16.5 Å². The van der Waals surface area contributed by atoms with Gasteiger partial charge in [0, 0.05) is 27.6 Å². The smallest absolute Gasteiger partial charge is 0.349 e. The first-order valence-corrected chi connectivity index (χ1v) is 8.04. The van der Waals surface area contributed by atoms with Crippen LogP contribution in [-0.2, 0) is 0 Å². The molecule has 0 atom stereocenters. The van der Waals surface area contributed by atoms with Crippen LogP contribution in [0.15, 0.2) is 67.3 Å². The lowest BCUT2D eigenvalue weighted by atomic mass is 10.2. The van der Waals surface area contributed by atoms with Crippen molar-refractivity contribution < 1.29 is 14.1 Å².